The summed E-state index contributed by atoms with van der Waals surface area (Å²) in [4.78, 5) is 14.6. The van der Waals surface area contributed by atoms with Crippen molar-refractivity contribution in [3.63, 3.8) is 0 Å². The maximum Gasteiger partial charge on any atom is 0.262 e. The lowest BCUT2D eigenvalue weighted by atomic mass is 10.1. The van der Waals surface area contributed by atoms with E-state index >= 15 is 0 Å². The Kier molecular flexibility index (Phi) is 3.99. The highest BCUT2D eigenvalue weighted by Crippen LogP contribution is 2.41. The number of para-hydroxylation sites is 1. The number of benzene rings is 3. The van der Waals surface area contributed by atoms with Crippen molar-refractivity contribution in [2.24, 2.45) is 0 Å². The molecule has 0 radical (unpaired) electrons. The van der Waals surface area contributed by atoms with Gasteiger partial charge in [-0.25, -0.2) is 0 Å². The fraction of sp³-hybridized carbons (Fsp3) is 0.0417. The smallest absolute Gasteiger partial charge is 0.262 e. The number of nitrogens with zero attached hydrogens (tertiary/aromatic N) is 1. The van der Waals surface area contributed by atoms with Crippen molar-refractivity contribution in [2.45, 2.75) is 0 Å². The Labute approximate surface area is 166 Å². The van der Waals surface area contributed by atoms with Gasteiger partial charge in [-0.2, -0.15) is 0 Å². The fourth-order valence-corrected chi connectivity index (χ4v) is 4.72. The van der Waals surface area contributed by atoms with Crippen LogP contribution in [0.25, 0.3) is 32.2 Å². The molecule has 136 valence electrons. The Balaban J connectivity index is 1.76. The lowest BCUT2D eigenvalue weighted by Crippen LogP contribution is -2.11. The summed E-state index contributed by atoms with van der Waals surface area (Å²) in [5, 5.41) is 4.31. The first kappa shape index (κ1) is 16.8. The first-order valence-corrected chi connectivity index (χ1v) is 9.90. The van der Waals surface area contributed by atoms with Gasteiger partial charge in [-0.3, -0.25) is 9.36 Å². The summed E-state index contributed by atoms with van der Waals surface area (Å²) < 4.78 is 7.04. The number of carbonyl (C=O) groups excluding carboxylic acids is 1. The molecule has 0 fully saturated rings. The summed E-state index contributed by atoms with van der Waals surface area (Å²) in [6.45, 7) is 0. The van der Waals surface area contributed by atoms with E-state index in [-0.39, 0.29) is 5.91 Å². The molecule has 3 aromatic carbocycles. The normalized spacial score (nSPS) is 11.2. The van der Waals surface area contributed by atoms with Crippen molar-refractivity contribution in [1.29, 1.82) is 0 Å². The Morgan fingerprint density at radius 2 is 1.57 bits per heavy atom. The number of hydrogen-bond donors (Lipinski definition) is 0. The molecule has 0 aliphatic heterocycles. The third-order valence-electron chi connectivity index (χ3n) is 5.00. The van der Waals surface area contributed by atoms with Crippen LogP contribution in [0.3, 0.4) is 0 Å². The molecule has 5 rings (SSSR count). The molecule has 2 aromatic heterocycles. The molecule has 0 saturated carbocycles. The zero-order valence-electron chi connectivity index (χ0n) is 15.3. The van der Waals surface area contributed by atoms with Crippen LogP contribution in [-0.4, -0.2) is 17.6 Å². The molecular formula is C24H17NO2S. The molecule has 3 nitrogen and oxygen atoms in total. The van der Waals surface area contributed by atoms with E-state index in [1.54, 1.807) is 18.4 Å². The predicted molar refractivity (Wildman–Crippen MR) is 115 cm³/mol. The monoisotopic (exact) mass is 383 g/mol. The average Bonchev–Trinajstić information content (AvgIpc) is 3.32. The van der Waals surface area contributed by atoms with Crippen molar-refractivity contribution in [2.75, 3.05) is 7.11 Å². The maximum atomic E-state index is 13.4. The molecule has 0 spiro atoms. The van der Waals surface area contributed by atoms with E-state index in [1.165, 1.54) is 10.4 Å². The van der Waals surface area contributed by atoms with E-state index in [4.69, 9.17) is 4.74 Å². The predicted octanol–water partition coefficient (Wildman–Crippen LogP) is 6.22. The second kappa shape index (κ2) is 6.66. The summed E-state index contributed by atoms with van der Waals surface area (Å²) in [5.74, 6) is 0.701. The van der Waals surface area contributed by atoms with E-state index < -0.39 is 0 Å². The van der Waals surface area contributed by atoms with E-state index in [0.717, 1.165) is 27.6 Å². The Hall–Kier alpha value is -3.37. The van der Waals surface area contributed by atoms with Gasteiger partial charge < -0.3 is 4.74 Å². The number of rotatable bonds is 3. The first-order valence-electron chi connectivity index (χ1n) is 9.03. The van der Waals surface area contributed by atoms with Gasteiger partial charge in [0.25, 0.3) is 5.91 Å². The van der Waals surface area contributed by atoms with Crippen molar-refractivity contribution >= 4 is 39.0 Å². The molecule has 4 heteroatoms. The van der Waals surface area contributed by atoms with Gasteiger partial charge in [-0.05, 0) is 35.9 Å². The zero-order valence-corrected chi connectivity index (χ0v) is 16.1. The van der Waals surface area contributed by atoms with Crippen molar-refractivity contribution in [3.8, 4) is 16.2 Å². The number of carbonyl (C=O) groups is 1. The zero-order chi connectivity index (χ0) is 19.1. The largest absolute Gasteiger partial charge is 0.497 e. The number of fused-ring (bicyclic) bond motifs is 3. The number of ether oxygens (including phenoxy) is 1. The van der Waals surface area contributed by atoms with Crippen molar-refractivity contribution in [3.05, 3.63) is 89.8 Å². The SMILES string of the molecule is COc1ccc(C(=O)n2c3ccccc3c3c(-c4ccccc4)scc32)cc1. The summed E-state index contributed by atoms with van der Waals surface area (Å²) in [6, 6.07) is 25.7. The van der Waals surface area contributed by atoms with Crippen LogP contribution in [0.5, 0.6) is 5.75 Å². The van der Waals surface area contributed by atoms with Crippen LogP contribution in [0.2, 0.25) is 0 Å². The fourth-order valence-electron chi connectivity index (χ4n) is 3.67. The van der Waals surface area contributed by atoms with Gasteiger partial charge >= 0.3 is 0 Å². The van der Waals surface area contributed by atoms with E-state index in [2.05, 4.69) is 23.6 Å². The van der Waals surface area contributed by atoms with Crippen LogP contribution < -0.4 is 4.74 Å². The van der Waals surface area contributed by atoms with Gasteiger partial charge in [-0.15, -0.1) is 11.3 Å². The molecule has 0 aliphatic rings. The summed E-state index contributed by atoms with van der Waals surface area (Å²) in [6.07, 6.45) is 0. The Morgan fingerprint density at radius 3 is 2.32 bits per heavy atom. The molecule has 0 amide bonds. The van der Waals surface area contributed by atoms with Crippen LogP contribution in [0.15, 0.2) is 84.2 Å². The van der Waals surface area contributed by atoms with Gasteiger partial charge in [0.2, 0.25) is 0 Å². The van der Waals surface area contributed by atoms with Crippen LogP contribution in [-0.2, 0) is 0 Å². The number of aromatic nitrogens is 1. The third kappa shape index (κ3) is 2.53. The lowest BCUT2D eigenvalue weighted by Gasteiger charge is -2.06. The molecule has 28 heavy (non-hydrogen) atoms. The highest BCUT2D eigenvalue weighted by molar-refractivity contribution is 7.15. The summed E-state index contributed by atoms with van der Waals surface area (Å²) in [5.41, 5.74) is 3.68. The molecule has 0 atom stereocenters. The molecule has 2 heterocycles. The molecule has 0 N–H and O–H groups in total. The second-order valence-electron chi connectivity index (χ2n) is 6.58. The highest BCUT2D eigenvalue weighted by atomic mass is 32.1. The van der Waals surface area contributed by atoms with Crippen LogP contribution in [0, 0.1) is 0 Å². The van der Waals surface area contributed by atoms with Gasteiger partial charge in [0.1, 0.15) is 5.75 Å². The van der Waals surface area contributed by atoms with E-state index in [9.17, 15) is 4.79 Å². The lowest BCUT2D eigenvalue weighted by molar-refractivity contribution is 0.0969. The molecule has 0 bridgehead atoms. The number of methoxy groups -OCH3 is 1. The Bertz CT molecular complexity index is 1300. The molecule has 0 unspecified atom stereocenters. The average molecular weight is 383 g/mol. The molecule has 5 aromatic rings. The Morgan fingerprint density at radius 1 is 0.857 bits per heavy atom. The summed E-state index contributed by atoms with van der Waals surface area (Å²) >= 11 is 1.68. The summed E-state index contributed by atoms with van der Waals surface area (Å²) in [7, 11) is 1.62. The minimum atomic E-state index is -0.0359. The van der Waals surface area contributed by atoms with E-state index in [1.807, 2.05) is 65.2 Å². The van der Waals surface area contributed by atoms with Crippen LogP contribution in [0.1, 0.15) is 10.4 Å². The topological polar surface area (TPSA) is 31.2 Å². The van der Waals surface area contributed by atoms with Gasteiger partial charge in [0.05, 0.1) is 18.1 Å². The molecule has 0 saturated heterocycles. The second-order valence-corrected chi connectivity index (χ2v) is 7.46. The maximum absolute atomic E-state index is 13.4. The number of thiophene rings is 1. The van der Waals surface area contributed by atoms with Crippen molar-refractivity contribution in [1.82, 2.24) is 4.57 Å². The number of hydrogen-bond acceptors (Lipinski definition) is 3. The van der Waals surface area contributed by atoms with Gasteiger partial charge in [-0.1, -0.05) is 48.5 Å². The van der Waals surface area contributed by atoms with Gasteiger partial charge in [0, 0.05) is 26.6 Å². The quantitative estimate of drug-likeness (QED) is 0.370. The molecule has 0 aliphatic carbocycles. The third-order valence-corrected chi connectivity index (χ3v) is 6.02. The van der Waals surface area contributed by atoms with Crippen LogP contribution >= 0.6 is 11.3 Å². The first-order chi connectivity index (χ1) is 13.8. The van der Waals surface area contributed by atoms with Crippen molar-refractivity contribution < 1.29 is 9.53 Å². The minimum absolute atomic E-state index is 0.0359. The van der Waals surface area contributed by atoms with Crippen LogP contribution in [0.4, 0.5) is 0 Å². The molecular weight excluding hydrogens is 366 g/mol. The van der Waals surface area contributed by atoms with Gasteiger partial charge in [0.15, 0.2) is 0 Å². The highest BCUT2D eigenvalue weighted by Gasteiger charge is 2.21. The van der Waals surface area contributed by atoms with E-state index in [0.29, 0.717) is 5.56 Å². The minimum Gasteiger partial charge on any atom is -0.497 e. The standard InChI is InChI=1S/C24H17NO2S/c1-27-18-13-11-17(12-14-18)24(26)25-20-10-6-5-9-19(20)22-21(25)15-28-23(22)16-7-3-2-4-8-16/h2-15H,1H3.